The van der Waals surface area contributed by atoms with Gasteiger partial charge in [-0.3, -0.25) is 0 Å². The van der Waals surface area contributed by atoms with Gasteiger partial charge in [-0.1, -0.05) is 43.2 Å². The molecule has 0 saturated heterocycles. The molecule has 2 rings (SSSR count). The van der Waals surface area contributed by atoms with E-state index < -0.39 is 9.04 Å². The molecule has 1 aromatic carbocycles. The van der Waals surface area contributed by atoms with E-state index >= 15 is 0 Å². The third-order valence-corrected chi connectivity index (χ3v) is 5.65. The number of benzene rings is 1. The highest BCUT2D eigenvalue weighted by atomic mass is 35.5. The SMILES string of the molecule is ClC[Si](OCC1CCCC1)c1ccccc1. The van der Waals surface area contributed by atoms with Crippen molar-refractivity contribution in [3.05, 3.63) is 30.3 Å². The van der Waals surface area contributed by atoms with Crippen molar-refractivity contribution in [2.45, 2.75) is 25.7 Å². The maximum atomic E-state index is 6.03. The lowest BCUT2D eigenvalue weighted by Gasteiger charge is -2.16. The largest absolute Gasteiger partial charge is 0.410 e. The second kappa shape index (κ2) is 6.43. The van der Waals surface area contributed by atoms with Crippen molar-refractivity contribution in [3.8, 4) is 0 Å². The van der Waals surface area contributed by atoms with Crippen molar-refractivity contribution < 1.29 is 4.43 Å². The number of hydrogen-bond donors (Lipinski definition) is 0. The van der Waals surface area contributed by atoms with Gasteiger partial charge < -0.3 is 4.43 Å². The fraction of sp³-hybridized carbons (Fsp3) is 0.538. The van der Waals surface area contributed by atoms with E-state index in [0.717, 1.165) is 12.5 Å². The molecule has 1 aromatic rings. The molecule has 1 aliphatic carbocycles. The minimum Gasteiger partial charge on any atom is -0.410 e. The Bertz CT molecular complexity index is 298. The van der Waals surface area contributed by atoms with Crippen LogP contribution in [0, 0.1) is 5.92 Å². The Hall–Kier alpha value is -0.313. The molecule has 0 aromatic heterocycles. The van der Waals surface area contributed by atoms with Gasteiger partial charge >= 0.3 is 0 Å². The van der Waals surface area contributed by atoms with E-state index in [9.17, 15) is 0 Å². The zero-order chi connectivity index (χ0) is 11.2. The van der Waals surface area contributed by atoms with Gasteiger partial charge in [0.05, 0.1) is 0 Å². The van der Waals surface area contributed by atoms with Gasteiger partial charge in [0.1, 0.15) is 0 Å². The van der Waals surface area contributed by atoms with Crippen LogP contribution in [0.4, 0.5) is 0 Å². The summed E-state index contributed by atoms with van der Waals surface area (Å²) in [6, 6.07) is 10.4. The molecule has 0 aliphatic heterocycles. The highest BCUT2D eigenvalue weighted by Gasteiger charge is 2.20. The van der Waals surface area contributed by atoms with Gasteiger partial charge in [-0.2, -0.15) is 0 Å². The van der Waals surface area contributed by atoms with Crippen LogP contribution in [0.5, 0.6) is 0 Å². The van der Waals surface area contributed by atoms with E-state index in [-0.39, 0.29) is 0 Å². The molecule has 0 unspecified atom stereocenters. The van der Waals surface area contributed by atoms with Crippen LogP contribution >= 0.6 is 11.6 Å². The first kappa shape index (κ1) is 12.2. The van der Waals surface area contributed by atoms with Crippen LogP contribution in [-0.2, 0) is 4.43 Å². The monoisotopic (exact) mass is 253 g/mol. The molecular formula is C13H18ClOSi. The molecular weight excluding hydrogens is 236 g/mol. The van der Waals surface area contributed by atoms with Crippen LogP contribution in [0.2, 0.25) is 0 Å². The normalized spacial score (nSPS) is 17.1. The first-order chi connectivity index (χ1) is 7.90. The predicted molar refractivity (Wildman–Crippen MR) is 70.5 cm³/mol. The first-order valence-corrected chi connectivity index (χ1v) is 8.15. The van der Waals surface area contributed by atoms with Crippen molar-refractivity contribution in [2.24, 2.45) is 5.92 Å². The molecule has 0 bridgehead atoms. The molecule has 1 aliphatic rings. The molecule has 1 fully saturated rings. The fourth-order valence-electron chi connectivity index (χ4n) is 2.22. The Balaban J connectivity index is 1.85. The summed E-state index contributed by atoms with van der Waals surface area (Å²) in [7, 11) is -0.983. The van der Waals surface area contributed by atoms with Crippen molar-refractivity contribution in [1.82, 2.24) is 0 Å². The summed E-state index contributed by atoms with van der Waals surface area (Å²) in [5.41, 5.74) is 0.640. The lowest BCUT2D eigenvalue weighted by Crippen LogP contribution is -2.37. The number of alkyl halides is 1. The van der Waals surface area contributed by atoms with E-state index in [1.807, 2.05) is 6.07 Å². The molecule has 0 atom stereocenters. The third-order valence-electron chi connectivity index (χ3n) is 3.19. The Labute approximate surface area is 104 Å². The van der Waals surface area contributed by atoms with Gasteiger partial charge in [0.25, 0.3) is 9.04 Å². The topological polar surface area (TPSA) is 9.23 Å². The van der Waals surface area contributed by atoms with Crippen LogP contribution < -0.4 is 5.19 Å². The molecule has 0 spiro atoms. The number of hydrogen-bond acceptors (Lipinski definition) is 1. The van der Waals surface area contributed by atoms with Crippen LogP contribution in [0.1, 0.15) is 25.7 Å². The number of rotatable bonds is 5. The summed E-state index contributed by atoms with van der Waals surface area (Å²) in [5, 5.41) is 1.29. The quantitative estimate of drug-likeness (QED) is 0.579. The van der Waals surface area contributed by atoms with Gasteiger partial charge in [0.15, 0.2) is 0 Å². The molecule has 1 saturated carbocycles. The standard InChI is InChI=1S/C13H18ClOSi/c14-11-16(13-8-2-1-3-9-13)15-10-12-6-4-5-7-12/h1-3,8-9,12H,4-7,10-11H2. The van der Waals surface area contributed by atoms with Crippen molar-refractivity contribution >= 4 is 25.8 Å². The van der Waals surface area contributed by atoms with E-state index in [0.29, 0.717) is 5.50 Å². The number of halogens is 1. The first-order valence-electron chi connectivity index (χ1n) is 6.00. The molecule has 1 radical (unpaired) electrons. The van der Waals surface area contributed by atoms with Crippen molar-refractivity contribution in [1.29, 1.82) is 0 Å². The van der Waals surface area contributed by atoms with E-state index in [1.54, 1.807) is 0 Å². The van der Waals surface area contributed by atoms with Crippen LogP contribution in [0.25, 0.3) is 0 Å². The molecule has 0 amide bonds. The Kier molecular flexibility index (Phi) is 4.88. The summed E-state index contributed by atoms with van der Waals surface area (Å²) in [4.78, 5) is 0. The smallest absolute Gasteiger partial charge is 0.262 e. The van der Waals surface area contributed by atoms with Crippen molar-refractivity contribution in [3.63, 3.8) is 0 Å². The predicted octanol–water partition coefficient (Wildman–Crippen LogP) is 2.87. The lowest BCUT2D eigenvalue weighted by molar-refractivity contribution is 0.259. The molecule has 3 heteroatoms. The highest BCUT2D eigenvalue weighted by Crippen LogP contribution is 2.24. The highest BCUT2D eigenvalue weighted by molar-refractivity contribution is 6.73. The second-order valence-electron chi connectivity index (χ2n) is 4.38. The Morgan fingerprint density at radius 2 is 1.88 bits per heavy atom. The minimum atomic E-state index is -0.983. The van der Waals surface area contributed by atoms with Crippen LogP contribution in [0.15, 0.2) is 30.3 Å². The molecule has 0 heterocycles. The average Bonchev–Trinajstić information content (AvgIpc) is 2.84. The third kappa shape index (κ3) is 3.34. The van der Waals surface area contributed by atoms with Gasteiger partial charge in [0.2, 0.25) is 0 Å². The van der Waals surface area contributed by atoms with E-state index in [1.165, 1.54) is 30.9 Å². The van der Waals surface area contributed by atoms with E-state index in [2.05, 4.69) is 24.3 Å². The average molecular weight is 254 g/mol. The maximum Gasteiger partial charge on any atom is 0.262 e. The minimum absolute atomic E-state index is 0.640. The molecule has 1 nitrogen and oxygen atoms in total. The summed E-state index contributed by atoms with van der Waals surface area (Å²) in [5.74, 6) is 0.784. The maximum absolute atomic E-state index is 6.03. The van der Waals surface area contributed by atoms with E-state index in [4.69, 9.17) is 16.0 Å². The van der Waals surface area contributed by atoms with Crippen molar-refractivity contribution in [2.75, 3.05) is 12.1 Å². The zero-order valence-electron chi connectivity index (χ0n) is 9.49. The summed E-state index contributed by atoms with van der Waals surface area (Å²) >= 11 is 6.01. The second-order valence-corrected chi connectivity index (χ2v) is 7.17. The summed E-state index contributed by atoms with van der Waals surface area (Å²) in [6.07, 6.45) is 5.43. The Morgan fingerprint density at radius 1 is 1.19 bits per heavy atom. The fourth-order valence-corrected chi connectivity index (χ4v) is 4.31. The lowest BCUT2D eigenvalue weighted by atomic mass is 10.1. The Morgan fingerprint density at radius 3 is 2.50 bits per heavy atom. The zero-order valence-corrected chi connectivity index (χ0v) is 11.2. The molecule has 16 heavy (non-hydrogen) atoms. The molecule has 0 N–H and O–H groups in total. The van der Waals surface area contributed by atoms with Crippen LogP contribution in [0.3, 0.4) is 0 Å². The van der Waals surface area contributed by atoms with Crippen LogP contribution in [-0.4, -0.2) is 21.2 Å². The summed E-state index contributed by atoms with van der Waals surface area (Å²) in [6.45, 7) is 0.913. The van der Waals surface area contributed by atoms with Gasteiger partial charge in [-0.05, 0) is 23.9 Å². The van der Waals surface area contributed by atoms with Gasteiger partial charge in [-0.25, -0.2) is 0 Å². The van der Waals surface area contributed by atoms with Gasteiger partial charge in [-0.15, -0.1) is 11.6 Å². The van der Waals surface area contributed by atoms with Gasteiger partial charge in [0, 0.05) is 12.1 Å². The summed E-state index contributed by atoms with van der Waals surface area (Å²) < 4.78 is 6.03. The molecule has 87 valence electrons.